The van der Waals surface area contributed by atoms with Gasteiger partial charge in [0.05, 0.1) is 19.6 Å². The van der Waals surface area contributed by atoms with Crippen molar-refractivity contribution in [2.45, 2.75) is 18.7 Å². The van der Waals surface area contributed by atoms with Gasteiger partial charge in [0.15, 0.2) is 5.78 Å². The van der Waals surface area contributed by atoms with Crippen molar-refractivity contribution in [3.05, 3.63) is 50.4 Å². The van der Waals surface area contributed by atoms with Crippen LogP contribution in [0.4, 0.5) is 0 Å². The highest BCUT2D eigenvalue weighted by molar-refractivity contribution is 9.14. The van der Waals surface area contributed by atoms with Gasteiger partial charge in [0.1, 0.15) is 0 Å². The Balaban J connectivity index is 2.52. The van der Waals surface area contributed by atoms with Crippen LogP contribution in [-0.2, 0) is 14.8 Å². The molecule has 1 aromatic rings. The van der Waals surface area contributed by atoms with Crippen molar-refractivity contribution in [2.24, 2.45) is 4.40 Å². The SMILES string of the molecule is CC1=C/C(=N\S(=O)(=O)c2ccc(C)cc2)C(Br)=C(Br)C1=O. The Kier molecular flexibility index (Phi) is 4.65. The van der Waals surface area contributed by atoms with Crippen LogP contribution in [-0.4, -0.2) is 19.9 Å². The number of benzene rings is 1. The van der Waals surface area contributed by atoms with Crippen LogP contribution in [0.2, 0.25) is 0 Å². The molecule has 0 atom stereocenters. The van der Waals surface area contributed by atoms with Crippen LogP contribution >= 0.6 is 31.9 Å². The van der Waals surface area contributed by atoms with E-state index in [1.54, 1.807) is 19.1 Å². The minimum atomic E-state index is -3.83. The Hall–Kier alpha value is -1.05. The Morgan fingerprint density at radius 1 is 1.00 bits per heavy atom. The van der Waals surface area contributed by atoms with Crippen LogP contribution < -0.4 is 0 Å². The Bertz CT molecular complexity index is 803. The minimum absolute atomic E-state index is 0.111. The van der Waals surface area contributed by atoms with Gasteiger partial charge in [-0.05, 0) is 69.5 Å². The van der Waals surface area contributed by atoms with E-state index in [1.807, 2.05) is 6.92 Å². The molecule has 0 N–H and O–H groups in total. The minimum Gasteiger partial charge on any atom is -0.288 e. The average molecular weight is 433 g/mol. The summed E-state index contributed by atoms with van der Waals surface area (Å²) in [5.41, 5.74) is 1.58. The second-order valence-corrected chi connectivity index (χ2v) is 7.74. The van der Waals surface area contributed by atoms with Crippen molar-refractivity contribution in [1.29, 1.82) is 0 Å². The van der Waals surface area contributed by atoms with E-state index in [4.69, 9.17) is 0 Å². The van der Waals surface area contributed by atoms with Crippen molar-refractivity contribution in [2.75, 3.05) is 0 Å². The van der Waals surface area contributed by atoms with Crippen LogP contribution in [0.25, 0.3) is 0 Å². The van der Waals surface area contributed by atoms with Crippen molar-refractivity contribution in [3.63, 3.8) is 0 Å². The molecule has 4 nitrogen and oxygen atoms in total. The summed E-state index contributed by atoms with van der Waals surface area (Å²) in [6.45, 7) is 3.48. The highest BCUT2D eigenvalue weighted by Gasteiger charge is 2.24. The van der Waals surface area contributed by atoms with Crippen LogP contribution in [0, 0.1) is 6.92 Å². The van der Waals surface area contributed by atoms with E-state index in [0.717, 1.165) is 5.56 Å². The van der Waals surface area contributed by atoms with Crippen molar-refractivity contribution in [1.82, 2.24) is 0 Å². The number of ketones is 1. The van der Waals surface area contributed by atoms with E-state index in [2.05, 4.69) is 36.3 Å². The number of allylic oxidation sites excluding steroid dienone is 4. The number of carbonyl (C=O) groups excluding carboxylic acids is 1. The molecule has 21 heavy (non-hydrogen) atoms. The second-order valence-electron chi connectivity index (χ2n) is 4.55. The summed E-state index contributed by atoms with van der Waals surface area (Å²) in [5, 5.41) is 0. The number of halogens is 2. The molecule has 1 aliphatic rings. The normalized spacial score (nSPS) is 18.2. The van der Waals surface area contributed by atoms with Crippen molar-refractivity contribution >= 4 is 53.4 Å². The zero-order valence-corrected chi connectivity index (χ0v) is 15.2. The van der Waals surface area contributed by atoms with Gasteiger partial charge in [0, 0.05) is 0 Å². The topological polar surface area (TPSA) is 63.6 Å². The summed E-state index contributed by atoms with van der Waals surface area (Å²) in [5.74, 6) is -0.200. The smallest absolute Gasteiger partial charge is 0.282 e. The number of aryl methyl sites for hydroxylation is 1. The number of Topliss-reactive ketones (excluding diaryl/α,β-unsaturated/α-hetero) is 1. The Morgan fingerprint density at radius 2 is 1.57 bits per heavy atom. The molecule has 7 heteroatoms. The lowest BCUT2D eigenvalue weighted by atomic mass is 10.1. The molecule has 0 aromatic heterocycles. The number of rotatable bonds is 2. The first-order valence-electron chi connectivity index (χ1n) is 5.92. The molecule has 110 valence electrons. The molecule has 1 aliphatic carbocycles. The van der Waals surface area contributed by atoms with E-state index >= 15 is 0 Å². The number of sulfonamides is 1. The molecule has 0 unspecified atom stereocenters. The number of hydrogen-bond donors (Lipinski definition) is 0. The molecule has 1 aromatic carbocycles. The first-order valence-corrected chi connectivity index (χ1v) is 8.95. The summed E-state index contributed by atoms with van der Waals surface area (Å²) in [6.07, 6.45) is 1.45. The average Bonchev–Trinajstić information content (AvgIpc) is 2.42. The second kappa shape index (κ2) is 5.98. The molecule has 0 bridgehead atoms. The lowest BCUT2D eigenvalue weighted by molar-refractivity contribution is -0.111. The van der Waals surface area contributed by atoms with Gasteiger partial charge in [-0.3, -0.25) is 4.79 Å². The largest absolute Gasteiger partial charge is 0.288 e. The van der Waals surface area contributed by atoms with Crippen LogP contribution in [0.15, 0.2) is 54.2 Å². The maximum Gasteiger partial charge on any atom is 0.282 e. The van der Waals surface area contributed by atoms with Gasteiger partial charge in [-0.25, -0.2) is 0 Å². The lowest BCUT2D eigenvalue weighted by Crippen LogP contribution is -2.14. The first-order chi connectivity index (χ1) is 9.72. The maximum absolute atomic E-state index is 12.3. The summed E-state index contributed by atoms with van der Waals surface area (Å²) in [7, 11) is -3.83. The standard InChI is InChI=1S/C14H11Br2NO3S/c1-8-3-5-10(6-4-8)21(19,20)17-11-7-9(2)14(18)13(16)12(11)15/h3-7H,1-2H3/b17-11+. The zero-order valence-electron chi connectivity index (χ0n) is 11.2. The van der Waals surface area contributed by atoms with Crippen molar-refractivity contribution < 1.29 is 13.2 Å². The van der Waals surface area contributed by atoms with Gasteiger partial charge in [-0.15, -0.1) is 0 Å². The Morgan fingerprint density at radius 3 is 2.14 bits per heavy atom. The van der Waals surface area contributed by atoms with Crippen molar-refractivity contribution in [3.8, 4) is 0 Å². The molecule has 0 radical (unpaired) electrons. The molecule has 0 spiro atoms. The third-order valence-corrected chi connectivity index (χ3v) is 6.26. The quantitative estimate of drug-likeness (QED) is 0.670. The van der Waals surface area contributed by atoms with E-state index in [-0.39, 0.29) is 20.9 Å². The summed E-state index contributed by atoms with van der Waals surface area (Å²) >= 11 is 6.34. The molecule has 0 heterocycles. The zero-order chi connectivity index (χ0) is 15.8. The van der Waals surface area contributed by atoms with Crippen LogP contribution in [0.5, 0.6) is 0 Å². The highest BCUT2D eigenvalue weighted by atomic mass is 79.9. The number of hydrogen-bond acceptors (Lipinski definition) is 3. The first kappa shape index (κ1) is 16.3. The van der Waals surface area contributed by atoms with E-state index < -0.39 is 10.0 Å². The molecular weight excluding hydrogens is 422 g/mol. The molecular formula is C14H11Br2NO3S. The molecule has 0 fully saturated rings. The van der Waals surface area contributed by atoms with Gasteiger partial charge in [0.25, 0.3) is 10.0 Å². The van der Waals surface area contributed by atoms with Gasteiger partial charge < -0.3 is 0 Å². The molecule has 0 amide bonds. The fourth-order valence-corrected chi connectivity index (χ4v) is 3.68. The van der Waals surface area contributed by atoms with Crippen LogP contribution in [0.3, 0.4) is 0 Å². The predicted octanol–water partition coefficient (Wildman–Crippen LogP) is 3.66. The fraction of sp³-hybridized carbons (Fsp3) is 0.143. The highest BCUT2D eigenvalue weighted by Crippen LogP contribution is 2.29. The van der Waals surface area contributed by atoms with Gasteiger partial charge in [-0.2, -0.15) is 12.8 Å². The molecule has 0 saturated heterocycles. The monoisotopic (exact) mass is 431 g/mol. The Labute approximate surface area is 140 Å². The van der Waals surface area contributed by atoms with E-state index in [1.165, 1.54) is 18.2 Å². The fourth-order valence-electron chi connectivity index (χ4n) is 1.68. The van der Waals surface area contributed by atoms with Gasteiger partial charge >= 0.3 is 0 Å². The third kappa shape index (κ3) is 3.41. The van der Waals surface area contributed by atoms with Crippen LogP contribution in [0.1, 0.15) is 12.5 Å². The van der Waals surface area contributed by atoms with E-state index in [0.29, 0.717) is 10.1 Å². The number of nitrogens with zero attached hydrogens (tertiary/aromatic N) is 1. The van der Waals surface area contributed by atoms with E-state index in [9.17, 15) is 13.2 Å². The molecule has 2 rings (SSSR count). The van der Waals surface area contributed by atoms with Gasteiger partial charge in [0.2, 0.25) is 0 Å². The van der Waals surface area contributed by atoms with Gasteiger partial charge in [-0.1, -0.05) is 17.7 Å². The molecule has 0 saturated carbocycles. The summed E-state index contributed by atoms with van der Waals surface area (Å²) in [6, 6.07) is 6.43. The molecule has 0 aliphatic heterocycles. The predicted molar refractivity (Wildman–Crippen MR) is 89.4 cm³/mol. The maximum atomic E-state index is 12.3. The lowest BCUT2D eigenvalue weighted by Gasteiger charge is -2.11. The number of carbonyl (C=O) groups is 1. The third-order valence-electron chi connectivity index (χ3n) is 2.87. The summed E-state index contributed by atoms with van der Waals surface area (Å²) < 4.78 is 29.0. The summed E-state index contributed by atoms with van der Waals surface area (Å²) in [4.78, 5) is 11.9.